The molecule has 0 unspecified atom stereocenters. The van der Waals surface area contributed by atoms with Crippen molar-refractivity contribution in [3.8, 4) is 5.75 Å². The number of hydrogen-bond acceptors (Lipinski definition) is 3. The van der Waals surface area contributed by atoms with Gasteiger partial charge in [0.25, 0.3) is 0 Å². The number of nitrogens with one attached hydrogen (secondary N) is 1. The van der Waals surface area contributed by atoms with Crippen LogP contribution in [0.4, 0.5) is 5.69 Å². The minimum Gasteiger partial charge on any atom is -0.497 e. The van der Waals surface area contributed by atoms with Crippen LogP contribution >= 0.6 is 15.9 Å². The number of hydrazone groups is 1. The number of nitrogens with zero attached hydrogens (tertiary/aromatic N) is 1. The highest BCUT2D eigenvalue weighted by molar-refractivity contribution is 9.10. The lowest BCUT2D eigenvalue weighted by atomic mass is 10.2. The van der Waals surface area contributed by atoms with Crippen LogP contribution in [0.3, 0.4) is 0 Å². The van der Waals surface area contributed by atoms with Gasteiger partial charge in [0.05, 0.1) is 19.0 Å². The lowest BCUT2D eigenvalue weighted by Gasteiger charge is -2.02. The van der Waals surface area contributed by atoms with E-state index >= 15 is 0 Å². The fourth-order valence-corrected chi connectivity index (χ4v) is 1.66. The summed E-state index contributed by atoms with van der Waals surface area (Å²) in [5.74, 6) is 0.831. The predicted octanol–water partition coefficient (Wildman–Crippen LogP) is 3.90. The number of hydrogen-bond donors (Lipinski definition) is 1. The first-order chi connectivity index (χ1) is 8.78. The molecule has 0 aromatic heterocycles. The zero-order valence-corrected chi connectivity index (χ0v) is 11.5. The lowest BCUT2D eigenvalue weighted by Crippen LogP contribution is -1.90. The predicted molar refractivity (Wildman–Crippen MR) is 78.4 cm³/mol. The van der Waals surface area contributed by atoms with Crippen molar-refractivity contribution in [2.75, 3.05) is 12.5 Å². The summed E-state index contributed by atoms with van der Waals surface area (Å²) in [5.41, 5.74) is 4.92. The van der Waals surface area contributed by atoms with E-state index in [1.807, 2.05) is 48.5 Å². The van der Waals surface area contributed by atoms with Crippen LogP contribution in [-0.2, 0) is 0 Å². The third-order valence-corrected chi connectivity index (χ3v) is 2.90. The minimum absolute atomic E-state index is 0.831. The van der Waals surface area contributed by atoms with Crippen LogP contribution in [0.1, 0.15) is 5.56 Å². The Morgan fingerprint density at radius 1 is 1.06 bits per heavy atom. The molecule has 0 aliphatic carbocycles. The third kappa shape index (κ3) is 3.60. The van der Waals surface area contributed by atoms with Crippen LogP contribution in [-0.4, -0.2) is 13.3 Å². The van der Waals surface area contributed by atoms with Gasteiger partial charge in [0.15, 0.2) is 0 Å². The summed E-state index contributed by atoms with van der Waals surface area (Å²) in [6.45, 7) is 0. The maximum Gasteiger partial charge on any atom is 0.119 e. The largest absolute Gasteiger partial charge is 0.497 e. The smallest absolute Gasteiger partial charge is 0.119 e. The van der Waals surface area contributed by atoms with E-state index in [0.717, 1.165) is 21.5 Å². The fourth-order valence-electron chi connectivity index (χ4n) is 1.40. The highest BCUT2D eigenvalue weighted by atomic mass is 79.9. The number of ether oxygens (including phenoxy) is 1. The molecule has 0 heterocycles. The summed E-state index contributed by atoms with van der Waals surface area (Å²) in [6.07, 6.45) is 1.77. The van der Waals surface area contributed by atoms with Crippen molar-refractivity contribution < 1.29 is 4.74 Å². The molecule has 0 bridgehead atoms. The highest BCUT2D eigenvalue weighted by Gasteiger charge is 1.92. The highest BCUT2D eigenvalue weighted by Crippen LogP contribution is 2.15. The Morgan fingerprint density at radius 2 is 1.72 bits per heavy atom. The number of rotatable bonds is 4. The molecule has 2 aromatic rings. The molecule has 0 saturated heterocycles. The molecular weight excluding hydrogens is 292 g/mol. The van der Waals surface area contributed by atoms with Crippen LogP contribution in [0.25, 0.3) is 0 Å². The van der Waals surface area contributed by atoms with E-state index in [0.29, 0.717) is 0 Å². The number of anilines is 1. The standard InChI is InChI=1S/C14H13BrN2O/c1-18-14-8-6-13(7-9-14)17-16-10-11-2-4-12(15)5-3-11/h2-10,17H,1H3/b16-10+. The molecule has 2 rings (SSSR count). The van der Waals surface area contributed by atoms with Crippen molar-refractivity contribution in [2.45, 2.75) is 0 Å². The summed E-state index contributed by atoms with van der Waals surface area (Å²) in [5, 5.41) is 4.17. The van der Waals surface area contributed by atoms with E-state index in [2.05, 4.69) is 26.5 Å². The summed E-state index contributed by atoms with van der Waals surface area (Å²) in [6, 6.07) is 15.5. The monoisotopic (exact) mass is 304 g/mol. The minimum atomic E-state index is 0.831. The number of halogens is 1. The second kappa shape index (κ2) is 6.21. The Hall–Kier alpha value is -1.81. The van der Waals surface area contributed by atoms with Crippen molar-refractivity contribution in [1.29, 1.82) is 0 Å². The average Bonchev–Trinajstić information content (AvgIpc) is 2.42. The van der Waals surface area contributed by atoms with Crippen molar-refractivity contribution in [3.63, 3.8) is 0 Å². The first-order valence-corrected chi connectivity index (χ1v) is 6.26. The van der Waals surface area contributed by atoms with Crippen LogP contribution < -0.4 is 10.2 Å². The normalized spacial score (nSPS) is 10.6. The molecule has 18 heavy (non-hydrogen) atoms. The van der Waals surface area contributed by atoms with Crippen LogP contribution in [0.15, 0.2) is 58.1 Å². The topological polar surface area (TPSA) is 33.6 Å². The lowest BCUT2D eigenvalue weighted by molar-refractivity contribution is 0.415. The summed E-state index contributed by atoms with van der Waals surface area (Å²) in [7, 11) is 1.65. The molecule has 3 nitrogen and oxygen atoms in total. The number of benzene rings is 2. The average molecular weight is 305 g/mol. The van der Waals surface area contributed by atoms with E-state index in [1.54, 1.807) is 13.3 Å². The van der Waals surface area contributed by atoms with E-state index in [9.17, 15) is 0 Å². The van der Waals surface area contributed by atoms with Gasteiger partial charge in [-0.15, -0.1) is 0 Å². The summed E-state index contributed by atoms with van der Waals surface area (Å²) < 4.78 is 6.14. The maximum absolute atomic E-state index is 5.08. The quantitative estimate of drug-likeness (QED) is 0.686. The molecule has 0 radical (unpaired) electrons. The second-order valence-corrected chi connectivity index (χ2v) is 4.57. The molecule has 0 aliphatic rings. The molecule has 0 amide bonds. The molecule has 0 saturated carbocycles. The van der Waals surface area contributed by atoms with Gasteiger partial charge in [-0.2, -0.15) is 5.10 Å². The molecule has 0 fully saturated rings. The van der Waals surface area contributed by atoms with Crippen molar-refractivity contribution in [1.82, 2.24) is 0 Å². The number of methoxy groups -OCH3 is 1. The first-order valence-electron chi connectivity index (χ1n) is 5.46. The fraction of sp³-hybridized carbons (Fsp3) is 0.0714. The Labute approximate surface area is 115 Å². The third-order valence-electron chi connectivity index (χ3n) is 2.37. The van der Waals surface area contributed by atoms with E-state index in [1.165, 1.54) is 0 Å². The zero-order chi connectivity index (χ0) is 12.8. The van der Waals surface area contributed by atoms with Crippen molar-refractivity contribution >= 4 is 27.8 Å². The van der Waals surface area contributed by atoms with Gasteiger partial charge in [0.1, 0.15) is 5.75 Å². The molecule has 4 heteroatoms. The van der Waals surface area contributed by atoms with Gasteiger partial charge in [0.2, 0.25) is 0 Å². The van der Waals surface area contributed by atoms with Gasteiger partial charge >= 0.3 is 0 Å². The molecule has 0 atom stereocenters. The van der Waals surface area contributed by atoms with Crippen LogP contribution in [0.5, 0.6) is 5.75 Å². The second-order valence-electron chi connectivity index (χ2n) is 3.65. The molecule has 2 aromatic carbocycles. The molecule has 92 valence electrons. The van der Waals surface area contributed by atoms with Gasteiger partial charge in [-0.3, -0.25) is 5.43 Å². The Balaban J connectivity index is 1.95. The SMILES string of the molecule is COc1ccc(N/N=C/c2ccc(Br)cc2)cc1. The Bertz CT molecular complexity index is 520. The first kappa shape index (κ1) is 12.6. The zero-order valence-electron chi connectivity index (χ0n) is 9.93. The van der Waals surface area contributed by atoms with Crippen LogP contribution in [0, 0.1) is 0 Å². The van der Waals surface area contributed by atoms with E-state index in [4.69, 9.17) is 4.74 Å². The molecule has 1 N–H and O–H groups in total. The van der Waals surface area contributed by atoms with Crippen LogP contribution in [0.2, 0.25) is 0 Å². The Morgan fingerprint density at radius 3 is 2.33 bits per heavy atom. The summed E-state index contributed by atoms with van der Waals surface area (Å²) >= 11 is 3.39. The van der Waals surface area contributed by atoms with Gasteiger partial charge in [-0.1, -0.05) is 28.1 Å². The van der Waals surface area contributed by atoms with Crippen molar-refractivity contribution in [2.24, 2.45) is 5.10 Å². The molecular formula is C14H13BrN2O. The summed E-state index contributed by atoms with van der Waals surface area (Å²) in [4.78, 5) is 0. The van der Waals surface area contributed by atoms with Gasteiger partial charge in [-0.05, 0) is 42.0 Å². The maximum atomic E-state index is 5.08. The van der Waals surface area contributed by atoms with Gasteiger partial charge in [-0.25, -0.2) is 0 Å². The van der Waals surface area contributed by atoms with E-state index < -0.39 is 0 Å². The van der Waals surface area contributed by atoms with Gasteiger partial charge in [0, 0.05) is 4.47 Å². The Kier molecular flexibility index (Phi) is 4.36. The van der Waals surface area contributed by atoms with Gasteiger partial charge < -0.3 is 4.74 Å². The van der Waals surface area contributed by atoms with Crippen molar-refractivity contribution in [3.05, 3.63) is 58.6 Å². The molecule has 0 aliphatic heterocycles. The van der Waals surface area contributed by atoms with E-state index in [-0.39, 0.29) is 0 Å². The molecule has 0 spiro atoms.